The van der Waals surface area contributed by atoms with Crippen LogP contribution in [0.2, 0.25) is 0 Å². The summed E-state index contributed by atoms with van der Waals surface area (Å²) in [6.07, 6.45) is -0.324. The molecule has 8 heteroatoms. The van der Waals surface area contributed by atoms with Gasteiger partial charge in [-0.1, -0.05) is 19.2 Å². The van der Waals surface area contributed by atoms with Crippen molar-refractivity contribution in [2.24, 2.45) is 5.92 Å². The summed E-state index contributed by atoms with van der Waals surface area (Å²) >= 11 is 0. The van der Waals surface area contributed by atoms with Gasteiger partial charge in [-0.2, -0.15) is 0 Å². The van der Waals surface area contributed by atoms with Gasteiger partial charge in [0.1, 0.15) is 18.3 Å². The molecule has 164 valence electrons. The molecule has 2 N–H and O–H groups in total. The monoisotopic (exact) mass is 420 g/mol. The molecule has 8 nitrogen and oxygen atoms in total. The summed E-state index contributed by atoms with van der Waals surface area (Å²) in [5, 5.41) is 19.9. The molecule has 2 aliphatic rings. The lowest BCUT2D eigenvalue weighted by Gasteiger charge is -2.31. The van der Waals surface area contributed by atoms with Crippen LogP contribution in [0.15, 0.2) is 47.6 Å². The van der Waals surface area contributed by atoms with E-state index in [9.17, 15) is 24.6 Å². The van der Waals surface area contributed by atoms with Crippen molar-refractivity contribution in [3.63, 3.8) is 0 Å². The number of hydrogen-bond acceptors (Lipinski definition) is 8. The van der Waals surface area contributed by atoms with Crippen molar-refractivity contribution in [1.82, 2.24) is 0 Å². The number of aliphatic hydroxyl groups is 2. The van der Waals surface area contributed by atoms with Crippen LogP contribution >= 0.6 is 0 Å². The van der Waals surface area contributed by atoms with Crippen molar-refractivity contribution < 1.29 is 38.8 Å². The van der Waals surface area contributed by atoms with Crippen LogP contribution < -0.4 is 0 Å². The summed E-state index contributed by atoms with van der Waals surface area (Å²) in [6, 6.07) is 0. The number of carbonyl (C=O) groups is 3. The summed E-state index contributed by atoms with van der Waals surface area (Å²) < 4.78 is 16.3. The van der Waals surface area contributed by atoms with Crippen molar-refractivity contribution in [1.29, 1.82) is 0 Å². The van der Waals surface area contributed by atoms with Gasteiger partial charge in [0, 0.05) is 25.3 Å². The molecule has 0 saturated carbocycles. The van der Waals surface area contributed by atoms with Gasteiger partial charge in [-0.15, -0.1) is 0 Å². The summed E-state index contributed by atoms with van der Waals surface area (Å²) in [6.45, 7) is 11.7. The second kappa shape index (κ2) is 9.86. The highest BCUT2D eigenvalue weighted by Crippen LogP contribution is 2.37. The van der Waals surface area contributed by atoms with Gasteiger partial charge in [0.05, 0.1) is 24.2 Å². The van der Waals surface area contributed by atoms with Crippen LogP contribution in [0.3, 0.4) is 0 Å². The maximum atomic E-state index is 12.5. The fourth-order valence-corrected chi connectivity index (χ4v) is 3.57. The molecule has 5 atom stereocenters. The van der Waals surface area contributed by atoms with Crippen molar-refractivity contribution in [2.75, 3.05) is 6.61 Å². The molecule has 0 amide bonds. The number of esters is 3. The van der Waals surface area contributed by atoms with Crippen LogP contribution in [0.4, 0.5) is 0 Å². The Labute approximate surface area is 175 Å². The van der Waals surface area contributed by atoms with E-state index in [2.05, 4.69) is 13.2 Å². The zero-order valence-electron chi connectivity index (χ0n) is 17.4. The van der Waals surface area contributed by atoms with Crippen LogP contribution in [0, 0.1) is 5.92 Å². The highest BCUT2D eigenvalue weighted by molar-refractivity contribution is 5.92. The topological polar surface area (TPSA) is 119 Å². The van der Waals surface area contributed by atoms with Gasteiger partial charge in [-0.05, 0) is 31.1 Å². The highest BCUT2D eigenvalue weighted by Gasteiger charge is 2.45. The molecule has 30 heavy (non-hydrogen) atoms. The number of hydrogen-bond donors (Lipinski definition) is 2. The maximum absolute atomic E-state index is 12.5. The van der Waals surface area contributed by atoms with Gasteiger partial charge >= 0.3 is 17.9 Å². The van der Waals surface area contributed by atoms with E-state index < -0.39 is 54.8 Å². The van der Waals surface area contributed by atoms with Crippen molar-refractivity contribution in [3.8, 4) is 0 Å². The van der Waals surface area contributed by atoms with Crippen LogP contribution in [-0.2, 0) is 28.6 Å². The van der Waals surface area contributed by atoms with Gasteiger partial charge in [0.2, 0.25) is 0 Å². The fourth-order valence-electron chi connectivity index (χ4n) is 3.57. The predicted molar refractivity (Wildman–Crippen MR) is 107 cm³/mol. The van der Waals surface area contributed by atoms with E-state index in [1.54, 1.807) is 19.9 Å². The van der Waals surface area contributed by atoms with E-state index in [0.717, 1.165) is 0 Å². The summed E-state index contributed by atoms with van der Waals surface area (Å²) in [7, 11) is 0. The molecule has 1 aliphatic heterocycles. The molecule has 0 aromatic carbocycles. The molecule has 0 aromatic heterocycles. The SMILES string of the molecule is C=C1C(=O)O[C@@H]2/C=C(/C)[C@@H](OC(C)=O)C[C@@H](O)C(=C)C[C@@H](OC(=O)/C(=C\C)CO)[C@@H]12. The van der Waals surface area contributed by atoms with E-state index >= 15 is 0 Å². The smallest absolute Gasteiger partial charge is 0.336 e. The Morgan fingerprint density at radius 1 is 1.33 bits per heavy atom. The minimum Gasteiger partial charge on any atom is -0.458 e. The number of aliphatic hydroxyl groups excluding tert-OH is 2. The Kier molecular flexibility index (Phi) is 7.75. The van der Waals surface area contributed by atoms with Crippen molar-refractivity contribution in [2.45, 2.75) is 58.0 Å². The molecule has 0 radical (unpaired) electrons. The summed E-state index contributed by atoms with van der Waals surface area (Å²) in [5.74, 6) is -2.61. The minimum atomic E-state index is -1.04. The number of ether oxygens (including phenoxy) is 3. The zero-order chi connectivity index (χ0) is 22.6. The van der Waals surface area contributed by atoms with Gasteiger partial charge < -0.3 is 24.4 Å². The molecule has 0 bridgehead atoms. The Bertz CT molecular complexity index is 806. The lowest BCUT2D eigenvalue weighted by Crippen LogP contribution is -2.37. The average Bonchev–Trinajstić information content (AvgIpc) is 2.93. The van der Waals surface area contributed by atoms with E-state index in [0.29, 0.717) is 11.1 Å². The number of allylic oxidation sites excluding steroid dienone is 1. The summed E-state index contributed by atoms with van der Waals surface area (Å²) in [4.78, 5) is 36.2. The Balaban J connectivity index is 2.47. The van der Waals surface area contributed by atoms with Gasteiger partial charge in [-0.25, -0.2) is 9.59 Å². The zero-order valence-corrected chi connectivity index (χ0v) is 17.4. The predicted octanol–water partition coefficient (Wildman–Crippen LogP) is 1.52. The second-order valence-corrected chi connectivity index (χ2v) is 7.46. The third kappa shape index (κ3) is 5.25. The van der Waals surface area contributed by atoms with Gasteiger partial charge in [-0.3, -0.25) is 4.79 Å². The first kappa shape index (κ1) is 23.6. The third-order valence-corrected chi connectivity index (χ3v) is 5.32. The number of rotatable bonds is 4. The first-order chi connectivity index (χ1) is 14.1. The van der Waals surface area contributed by atoms with E-state index in [1.165, 1.54) is 13.0 Å². The first-order valence-corrected chi connectivity index (χ1v) is 9.67. The van der Waals surface area contributed by atoms with Crippen molar-refractivity contribution >= 4 is 17.9 Å². The van der Waals surface area contributed by atoms with Gasteiger partial charge in [0.25, 0.3) is 0 Å². The van der Waals surface area contributed by atoms with Crippen molar-refractivity contribution in [3.05, 3.63) is 47.6 Å². The van der Waals surface area contributed by atoms with E-state index in [1.807, 2.05) is 0 Å². The Hall–Kier alpha value is -2.71. The fraction of sp³-hybridized carbons (Fsp3) is 0.500. The molecule has 2 rings (SSSR count). The van der Waals surface area contributed by atoms with Crippen LogP contribution in [0.5, 0.6) is 0 Å². The molecule has 1 aliphatic carbocycles. The second-order valence-electron chi connectivity index (χ2n) is 7.46. The largest absolute Gasteiger partial charge is 0.458 e. The van der Waals surface area contributed by atoms with Crippen LogP contribution in [-0.4, -0.2) is 59.1 Å². The number of carbonyl (C=O) groups excluding carboxylic acids is 3. The van der Waals surface area contributed by atoms with Crippen LogP contribution in [0.1, 0.15) is 33.6 Å². The molecular weight excluding hydrogens is 392 g/mol. The molecule has 0 spiro atoms. The molecule has 1 fully saturated rings. The minimum absolute atomic E-state index is 0.0336. The Morgan fingerprint density at radius 2 is 2.00 bits per heavy atom. The third-order valence-electron chi connectivity index (χ3n) is 5.32. The molecular formula is C22H28O8. The normalized spacial score (nSPS) is 31.9. The molecule has 0 aromatic rings. The molecule has 0 unspecified atom stereocenters. The quantitative estimate of drug-likeness (QED) is 0.304. The maximum Gasteiger partial charge on any atom is 0.336 e. The molecule has 1 saturated heterocycles. The van der Waals surface area contributed by atoms with E-state index in [-0.39, 0.29) is 24.0 Å². The lowest BCUT2D eigenvalue weighted by atomic mass is 9.83. The number of fused-ring (bicyclic) bond motifs is 1. The van der Waals surface area contributed by atoms with Crippen LogP contribution in [0.25, 0.3) is 0 Å². The lowest BCUT2D eigenvalue weighted by molar-refractivity contribution is -0.149. The highest BCUT2D eigenvalue weighted by atomic mass is 16.6. The molecule has 1 heterocycles. The standard InChI is InChI=1S/C22H28O8/c1-6-15(10-23)22(27)30-18-7-11(2)16(25)9-17(28-14(5)24)12(3)8-19-20(18)13(4)21(26)29-19/h6,8,16-20,23,25H,2,4,7,9-10H2,1,3,5H3/b12-8-,15-6-/t16-,17+,18-,19-,20-/m1/s1. The summed E-state index contributed by atoms with van der Waals surface area (Å²) in [5.41, 5.74) is 1.11. The van der Waals surface area contributed by atoms with Gasteiger partial charge in [0.15, 0.2) is 0 Å². The van der Waals surface area contributed by atoms with E-state index in [4.69, 9.17) is 14.2 Å². The average molecular weight is 420 g/mol. The Morgan fingerprint density at radius 3 is 2.57 bits per heavy atom. The first-order valence-electron chi connectivity index (χ1n) is 9.67.